The molecule has 1 heterocycles. The fourth-order valence-corrected chi connectivity index (χ4v) is 1.46. The lowest BCUT2D eigenvalue weighted by atomic mass is 10.0. The Morgan fingerprint density at radius 3 is 1.88 bits per heavy atom. The number of hydrogen-bond donors (Lipinski definition) is 0. The van der Waals surface area contributed by atoms with Crippen LogP contribution in [0.2, 0.25) is 0 Å². The number of hydrogen-bond acceptors (Lipinski definition) is 1. The van der Waals surface area contributed by atoms with Crippen molar-refractivity contribution in [1.82, 2.24) is 4.98 Å². The van der Waals surface area contributed by atoms with Crippen molar-refractivity contribution in [3.05, 3.63) is 66.0 Å². The summed E-state index contributed by atoms with van der Waals surface area (Å²) in [5.74, 6) is 0.659. The summed E-state index contributed by atoms with van der Waals surface area (Å²) < 4.78 is 0. The maximum atomic E-state index is 3.89. The molecule has 0 saturated carbocycles. The predicted molar refractivity (Wildman–Crippen MR) is 74.1 cm³/mol. The summed E-state index contributed by atoms with van der Waals surface area (Å²) >= 11 is 0. The van der Waals surface area contributed by atoms with E-state index in [1.165, 1.54) is 11.1 Å². The quantitative estimate of drug-likeness (QED) is 0.738. The molecule has 0 unspecified atom stereocenters. The molecule has 0 amide bonds. The molecule has 0 N–H and O–H groups in total. The van der Waals surface area contributed by atoms with E-state index in [1.54, 1.807) is 0 Å². The van der Waals surface area contributed by atoms with Crippen LogP contribution in [0, 0.1) is 0 Å². The summed E-state index contributed by atoms with van der Waals surface area (Å²) in [6.45, 7) is 6.54. The molecule has 0 saturated heterocycles. The first kappa shape index (κ1) is 13.4. The first-order chi connectivity index (χ1) is 8.24. The Morgan fingerprint density at radius 1 is 0.941 bits per heavy atom. The molecule has 17 heavy (non-hydrogen) atoms. The molecule has 0 fully saturated rings. The van der Waals surface area contributed by atoms with Gasteiger partial charge in [-0.05, 0) is 35.6 Å². The zero-order valence-electron chi connectivity index (χ0n) is 10.9. The minimum atomic E-state index is 0.659. The Balaban J connectivity index is 0.000000171. The van der Waals surface area contributed by atoms with Crippen molar-refractivity contribution in [2.24, 2.45) is 0 Å². The highest BCUT2D eigenvalue weighted by molar-refractivity contribution is 5.17. The van der Waals surface area contributed by atoms with E-state index in [9.17, 15) is 0 Å². The molecule has 0 atom stereocenters. The molecule has 1 nitrogen and oxygen atoms in total. The molecule has 1 heteroatoms. The topological polar surface area (TPSA) is 12.9 Å². The van der Waals surface area contributed by atoms with Crippen molar-refractivity contribution in [1.29, 1.82) is 0 Å². The zero-order chi connectivity index (χ0) is 12.5. The smallest absolute Gasteiger partial charge is 0.0270 e. The summed E-state index contributed by atoms with van der Waals surface area (Å²) in [6, 6.07) is 14.6. The van der Waals surface area contributed by atoms with Crippen LogP contribution in [0.5, 0.6) is 0 Å². The van der Waals surface area contributed by atoms with E-state index < -0.39 is 0 Å². The molecule has 0 radical (unpaired) electrons. The lowest BCUT2D eigenvalue weighted by molar-refractivity contribution is 0.867. The summed E-state index contributed by atoms with van der Waals surface area (Å²) in [6.07, 6.45) is 4.74. The Labute approximate surface area is 105 Å². The highest BCUT2D eigenvalue weighted by Gasteiger charge is 1.93. The Bertz CT molecular complexity index is 392. The van der Waals surface area contributed by atoms with E-state index in [0.29, 0.717) is 5.92 Å². The molecule has 0 bridgehead atoms. The Kier molecular flexibility index (Phi) is 6.02. The number of aryl methyl sites for hydroxylation is 1. The van der Waals surface area contributed by atoms with Crippen LogP contribution in [0.1, 0.15) is 37.8 Å². The van der Waals surface area contributed by atoms with Gasteiger partial charge in [-0.1, -0.05) is 51.1 Å². The molecule has 0 spiro atoms. The predicted octanol–water partition coefficient (Wildman–Crippen LogP) is 4.45. The summed E-state index contributed by atoms with van der Waals surface area (Å²) in [7, 11) is 0. The fraction of sp³-hybridized carbons (Fsp3) is 0.312. The molecule has 90 valence electrons. The third-order valence-electron chi connectivity index (χ3n) is 2.62. The largest absolute Gasteiger partial charge is 0.265 e. The molecular formula is C16H21N. The van der Waals surface area contributed by atoms with Crippen LogP contribution < -0.4 is 0 Å². The first-order valence-corrected chi connectivity index (χ1v) is 6.18. The van der Waals surface area contributed by atoms with Gasteiger partial charge in [0, 0.05) is 12.4 Å². The van der Waals surface area contributed by atoms with E-state index in [4.69, 9.17) is 0 Å². The summed E-state index contributed by atoms with van der Waals surface area (Å²) in [5, 5.41) is 0. The third-order valence-corrected chi connectivity index (χ3v) is 2.62. The molecule has 0 aliphatic carbocycles. The molecule has 0 aliphatic heterocycles. The molecule has 0 aliphatic rings. The minimum Gasteiger partial charge on any atom is -0.265 e. The Morgan fingerprint density at radius 2 is 1.53 bits per heavy atom. The minimum absolute atomic E-state index is 0.659. The normalized spacial score (nSPS) is 9.65. The van der Waals surface area contributed by atoms with Crippen molar-refractivity contribution in [3.63, 3.8) is 0 Å². The van der Waals surface area contributed by atoms with Crippen LogP contribution in [-0.4, -0.2) is 4.98 Å². The second kappa shape index (κ2) is 7.61. The van der Waals surface area contributed by atoms with Crippen LogP contribution in [-0.2, 0) is 6.42 Å². The summed E-state index contributed by atoms with van der Waals surface area (Å²) in [5.41, 5.74) is 2.76. The van der Waals surface area contributed by atoms with Crippen molar-refractivity contribution in [3.8, 4) is 0 Å². The number of aromatic nitrogens is 1. The van der Waals surface area contributed by atoms with Crippen molar-refractivity contribution >= 4 is 0 Å². The maximum absolute atomic E-state index is 3.89. The van der Waals surface area contributed by atoms with E-state index >= 15 is 0 Å². The highest BCUT2D eigenvalue weighted by atomic mass is 14.6. The van der Waals surface area contributed by atoms with E-state index in [2.05, 4.69) is 50.0 Å². The first-order valence-electron chi connectivity index (χ1n) is 6.18. The van der Waals surface area contributed by atoms with Crippen LogP contribution >= 0.6 is 0 Å². The fourth-order valence-electron chi connectivity index (χ4n) is 1.46. The van der Waals surface area contributed by atoms with Crippen molar-refractivity contribution < 1.29 is 0 Å². The van der Waals surface area contributed by atoms with Gasteiger partial charge < -0.3 is 0 Å². The standard InChI is InChI=1S/C9H12.C7H9N/c1-8(2)9-6-4-3-5-7-9;1-2-7-3-5-8-6-4-7/h3-8H,1-2H3;3-6H,2H2,1H3. The number of nitrogens with zero attached hydrogens (tertiary/aromatic N) is 1. The van der Waals surface area contributed by atoms with Crippen LogP contribution in [0.25, 0.3) is 0 Å². The van der Waals surface area contributed by atoms with E-state index in [0.717, 1.165) is 6.42 Å². The lowest BCUT2D eigenvalue weighted by Gasteiger charge is -2.01. The van der Waals surface area contributed by atoms with Gasteiger partial charge in [0.25, 0.3) is 0 Å². The molecule has 2 aromatic rings. The molecular weight excluding hydrogens is 206 g/mol. The number of pyridine rings is 1. The van der Waals surface area contributed by atoms with E-state index in [1.807, 2.05) is 30.6 Å². The van der Waals surface area contributed by atoms with Gasteiger partial charge >= 0.3 is 0 Å². The van der Waals surface area contributed by atoms with E-state index in [-0.39, 0.29) is 0 Å². The van der Waals surface area contributed by atoms with Gasteiger partial charge in [0.2, 0.25) is 0 Å². The third kappa shape index (κ3) is 5.30. The maximum Gasteiger partial charge on any atom is 0.0270 e. The van der Waals surface area contributed by atoms with Gasteiger partial charge in [-0.2, -0.15) is 0 Å². The average molecular weight is 227 g/mol. The number of benzene rings is 1. The van der Waals surface area contributed by atoms with Crippen molar-refractivity contribution in [2.45, 2.75) is 33.1 Å². The lowest BCUT2D eigenvalue weighted by Crippen LogP contribution is -1.83. The monoisotopic (exact) mass is 227 g/mol. The second-order valence-corrected chi connectivity index (χ2v) is 4.27. The van der Waals surface area contributed by atoms with Gasteiger partial charge in [-0.3, -0.25) is 4.98 Å². The van der Waals surface area contributed by atoms with Crippen molar-refractivity contribution in [2.75, 3.05) is 0 Å². The van der Waals surface area contributed by atoms with Gasteiger partial charge in [0.1, 0.15) is 0 Å². The van der Waals surface area contributed by atoms with Crippen LogP contribution in [0.15, 0.2) is 54.9 Å². The van der Waals surface area contributed by atoms with Gasteiger partial charge in [0.15, 0.2) is 0 Å². The molecule has 1 aromatic carbocycles. The number of rotatable bonds is 2. The van der Waals surface area contributed by atoms with Gasteiger partial charge in [0.05, 0.1) is 0 Å². The highest BCUT2D eigenvalue weighted by Crippen LogP contribution is 2.11. The van der Waals surface area contributed by atoms with Gasteiger partial charge in [-0.15, -0.1) is 0 Å². The SMILES string of the molecule is CC(C)c1ccccc1.CCc1ccncc1. The average Bonchev–Trinajstić information content (AvgIpc) is 2.41. The second-order valence-electron chi connectivity index (χ2n) is 4.27. The van der Waals surface area contributed by atoms with Crippen LogP contribution in [0.3, 0.4) is 0 Å². The van der Waals surface area contributed by atoms with Gasteiger partial charge in [-0.25, -0.2) is 0 Å². The Hall–Kier alpha value is -1.63. The molecule has 1 aromatic heterocycles. The zero-order valence-corrected chi connectivity index (χ0v) is 10.9. The summed E-state index contributed by atoms with van der Waals surface area (Å²) in [4.78, 5) is 3.89. The molecule has 2 rings (SSSR count). The van der Waals surface area contributed by atoms with Crippen LogP contribution in [0.4, 0.5) is 0 Å².